The van der Waals surface area contributed by atoms with Crippen molar-refractivity contribution in [3.63, 3.8) is 0 Å². The van der Waals surface area contributed by atoms with Crippen LogP contribution in [0, 0.1) is 18.3 Å². The van der Waals surface area contributed by atoms with Crippen LogP contribution in [-0.4, -0.2) is 43.6 Å². The Morgan fingerprint density at radius 2 is 1.52 bits per heavy atom. The second-order valence-corrected chi connectivity index (χ2v) is 13.1. The fraction of sp³-hybridized carbons (Fsp3) is 0.103. The van der Waals surface area contributed by atoms with Crippen LogP contribution in [0.4, 0.5) is 16.4 Å². The normalized spacial score (nSPS) is 10.8. The Bertz CT molecular complexity index is 2180. The van der Waals surface area contributed by atoms with Gasteiger partial charge in [-0.15, -0.1) is 23.1 Å². The molecule has 11 nitrogen and oxygen atoms in total. The molecule has 4 amide bonds. The molecule has 0 saturated heterocycles. The summed E-state index contributed by atoms with van der Waals surface area (Å²) < 4.78 is 10.8. The van der Waals surface area contributed by atoms with Crippen LogP contribution in [0.25, 0.3) is 6.08 Å². The highest BCUT2D eigenvalue weighted by atomic mass is 32.2. The predicted molar refractivity (Wildman–Crippen MR) is 204 cm³/mol. The van der Waals surface area contributed by atoms with Gasteiger partial charge in [0.05, 0.1) is 30.4 Å². The highest BCUT2D eigenvalue weighted by molar-refractivity contribution is 8.00. The molecule has 0 aliphatic rings. The van der Waals surface area contributed by atoms with Crippen LogP contribution in [-0.2, 0) is 9.59 Å². The Morgan fingerprint density at radius 1 is 0.808 bits per heavy atom. The summed E-state index contributed by atoms with van der Waals surface area (Å²) >= 11 is 2.25. The molecule has 5 rings (SSSR count). The van der Waals surface area contributed by atoms with Crippen LogP contribution in [0.15, 0.2) is 114 Å². The number of benzene rings is 4. The maximum Gasteiger partial charge on any atom is 0.272 e. The molecular weight excluding hydrogens is 699 g/mol. The number of hydrogen-bond acceptors (Lipinski definition) is 9. The molecule has 0 bridgehead atoms. The van der Waals surface area contributed by atoms with E-state index in [0.717, 1.165) is 11.3 Å². The number of para-hydroxylation sites is 1. The first kappa shape index (κ1) is 36.9. The zero-order valence-corrected chi connectivity index (χ0v) is 29.9. The molecule has 13 heteroatoms. The number of thioether (sulfide) groups is 1. The number of methoxy groups -OCH3 is 2. The van der Waals surface area contributed by atoms with E-state index in [9.17, 15) is 24.4 Å². The molecule has 0 saturated carbocycles. The van der Waals surface area contributed by atoms with E-state index < -0.39 is 11.8 Å². The number of nitrogens with zero attached hydrogens (tertiary/aromatic N) is 1. The Kier molecular flexibility index (Phi) is 12.4. The molecule has 262 valence electrons. The lowest BCUT2D eigenvalue weighted by atomic mass is 10.1. The third kappa shape index (κ3) is 9.45. The van der Waals surface area contributed by atoms with Crippen molar-refractivity contribution in [1.29, 1.82) is 5.26 Å². The van der Waals surface area contributed by atoms with E-state index in [1.165, 1.54) is 32.1 Å². The summed E-state index contributed by atoms with van der Waals surface area (Å²) in [5.74, 6) is -0.847. The van der Waals surface area contributed by atoms with Gasteiger partial charge in [-0.1, -0.05) is 42.5 Å². The summed E-state index contributed by atoms with van der Waals surface area (Å²) in [6, 6.07) is 31.5. The number of hydrogen-bond donors (Lipinski definition) is 4. The number of anilines is 3. The lowest BCUT2D eigenvalue weighted by Gasteiger charge is -2.13. The first-order valence-corrected chi connectivity index (χ1v) is 17.5. The smallest absolute Gasteiger partial charge is 0.272 e. The second-order valence-electron chi connectivity index (χ2n) is 11.0. The van der Waals surface area contributed by atoms with Crippen molar-refractivity contribution >= 4 is 69.2 Å². The van der Waals surface area contributed by atoms with Crippen molar-refractivity contribution < 1.29 is 28.7 Å². The van der Waals surface area contributed by atoms with Gasteiger partial charge in [-0.25, -0.2) is 0 Å². The lowest BCUT2D eigenvalue weighted by Crippen LogP contribution is -2.30. The van der Waals surface area contributed by atoms with Gasteiger partial charge in [0.1, 0.15) is 28.3 Å². The minimum Gasteiger partial charge on any atom is -0.497 e. The third-order valence-corrected chi connectivity index (χ3v) is 9.68. The van der Waals surface area contributed by atoms with Crippen molar-refractivity contribution in [3.05, 3.63) is 136 Å². The molecule has 0 atom stereocenters. The van der Waals surface area contributed by atoms with Crippen molar-refractivity contribution in [2.75, 3.05) is 35.9 Å². The van der Waals surface area contributed by atoms with Gasteiger partial charge in [-0.3, -0.25) is 19.2 Å². The van der Waals surface area contributed by atoms with E-state index in [-0.39, 0.29) is 33.8 Å². The van der Waals surface area contributed by atoms with Gasteiger partial charge in [0.25, 0.3) is 17.7 Å². The van der Waals surface area contributed by atoms with Gasteiger partial charge in [0, 0.05) is 33.5 Å². The molecule has 5 aromatic rings. The maximum absolute atomic E-state index is 13.6. The van der Waals surface area contributed by atoms with Crippen molar-refractivity contribution in [3.8, 4) is 17.6 Å². The average Bonchev–Trinajstić information content (AvgIpc) is 3.48. The number of carbonyl (C=O) groups excluding carboxylic acids is 4. The van der Waals surface area contributed by atoms with E-state index in [0.29, 0.717) is 49.3 Å². The number of rotatable bonds is 13. The van der Waals surface area contributed by atoms with Crippen LogP contribution in [0.1, 0.15) is 36.7 Å². The SMILES string of the molecule is COc1ccc(/C=C(/NC(=O)c2ccccc2)C(=O)Nc2cccc(SCC(=O)Nc3sc(C(=O)Nc4ccccc4)c(C)c3C#N)c2)c(OC)c1. The van der Waals surface area contributed by atoms with E-state index in [4.69, 9.17) is 9.47 Å². The lowest BCUT2D eigenvalue weighted by molar-refractivity contribution is -0.114. The number of nitrogens with one attached hydrogen (secondary N) is 4. The average molecular weight is 732 g/mol. The maximum atomic E-state index is 13.6. The zero-order chi connectivity index (χ0) is 37.0. The Labute approximate surface area is 308 Å². The highest BCUT2D eigenvalue weighted by Gasteiger charge is 2.22. The van der Waals surface area contributed by atoms with Crippen LogP contribution < -0.4 is 30.7 Å². The molecular formula is C39H33N5O6S2. The molecule has 0 spiro atoms. The quantitative estimate of drug-likeness (QED) is 0.0724. The number of nitriles is 1. The molecule has 1 heterocycles. The minimum absolute atomic E-state index is 0.0136. The number of ether oxygens (including phenoxy) is 2. The predicted octanol–water partition coefficient (Wildman–Crippen LogP) is 7.34. The standard InChI is InChI=1S/C39H33N5O6S2/c1-24-31(22-40)39(52-35(24)38(48)41-27-13-8-5-9-14-27)44-34(45)23-51-30-16-10-15-28(20-30)42-37(47)32(43-36(46)25-11-6-4-7-12-25)19-26-17-18-29(49-2)21-33(26)50-3/h4-21H,23H2,1-3H3,(H,41,48)(H,42,47)(H,43,46)(H,44,45)/b32-19+. The largest absolute Gasteiger partial charge is 0.497 e. The topological polar surface area (TPSA) is 159 Å². The number of carbonyl (C=O) groups is 4. The summed E-state index contributed by atoms with van der Waals surface area (Å²) in [5.41, 5.74) is 2.60. The molecule has 4 aromatic carbocycles. The van der Waals surface area contributed by atoms with Crippen LogP contribution in [0.2, 0.25) is 0 Å². The third-order valence-electron chi connectivity index (χ3n) is 7.48. The first-order chi connectivity index (χ1) is 25.2. The summed E-state index contributed by atoms with van der Waals surface area (Å²) in [7, 11) is 3.02. The van der Waals surface area contributed by atoms with E-state index in [1.807, 2.05) is 6.07 Å². The monoisotopic (exact) mass is 731 g/mol. The van der Waals surface area contributed by atoms with Gasteiger partial charge >= 0.3 is 0 Å². The molecule has 4 N–H and O–H groups in total. The molecule has 0 unspecified atom stereocenters. The van der Waals surface area contributed by atoms with Gasteiger partial charge in [-0.05, 0) is 73.2 Å². The Balaban J connectivity index is 1.27. The zero-order valence-electron chi connectivity index (χ0n) is 28.3. The molecule has 1 aromatic heterocycles. The van der Waals surface area contributed by atoms with E-state index >= 15 is 0 Å². The van der Waals surface area contributed by atoms with Gasteiger partial charge in [-0.2, -0.15) is 5.26 Å². The van der Waals surface area contributed by atoms with Crippen molar-refractivity contribution in [2.24, 2.45) is 0 Å². The van der Waals surface area contributed by atoms with Crippen molar-refractivity contribution in [2.45, 2.75) is 11.8 Å². The summed E-state index contributed by atoms with van der Waals surface area (Å²) in [6.45, 7) is 1.67. The first-order valence-electron chi connectivity index (χ1n) is 15.7. The van der Waals surface area contributed by atoms with Crippen LogP contribution in [0.3, 0.4) is 0 Å². The summed E-state index contributed by atoms with van der Waals surface area (Å²) in [4.78, 5) is 53.7. The number of amides is 4. The molecule has 0 fully saturated rings. The summed E-state index contributed by atoms with van der Waals surface area (Å²) in [5, 5.41) is 21.2. The molecule has 0 radical (unpaired) electrons. The molecule has 0 aliphatic carbocycles. The fourth-order valence-corrected chi connectivity index (χ4v) is 6.70. The minimum atomic E-state index is -0.591. The van der Waals surface area contributed by atoms with E-state index in [2.05, 4.69) is 27.3 Å². The highest BCUT2D eigenvalue weighted by Crippen LogP contribution is 2.34. The number of thiophene rings is 1. The second kappa shape index (κ2) is 17.5. The van der Waals surface area contributed by atoms with Gasteiger partial charge in [0.2, 0.25) is 5.91 Å². The Morgan fingerprint density at radius 3 is 2.21 bits per heavy atom. The van der Waals surface area contributed by atoms with Crippen molar-refractivity contribution in [1.82, 2.24) is 5.32 Å². The molecule has 0 aliphatic heterocycles. The van der Waals surface area contributed by atoms with Crippen LogP contribution >= 0.6 is 23.1 Å². The summed E-state index contributed by atoms with van der Waals surface area (Å²) in [6.07, 6.45) is 1.51. The molecule has 52 heavy (non-hydrogen) atoms. The fourth-order valence-electron chi connectivity index (χ4n) is 4.87. The Hall–Kier alpha value is -6.36. The van der Waals surface area contributed by atoms with Gasteiger partial charge < -0.3 is 30.7 Å². The van der Waals surface area contributed by atoms with E-state index in [1.54, 1.807) is 104 Å². The van der Waals surface area contributed by atoms with Crippen LogP contribution in [0.5, 0.6) is 11.5 Å². The van der Waals surface area contributed by atoms with Gasteiger partial charge in [0.15, 0.2) is 0 Å².